The van der Waals surface area contributed by atoms with E-state index in [2.05, 4.69) is 128 Å². The summed E-state index contributed by atoms with van der Waals surface area (Å²) in [5.74, 6) is 37.3. The molecule has 0 heterocycles. The maximum absolute atomic E-state index is 11.9. The summed E-state index contributed by atoms with van der Waals surface area (Å²) in [5, 5.41) is 7.46. The molecule has 0 spiro atoms. The third-order valence-corrected chi connectivity index (χ3v) is 6.32. The minimum atomic E-state index is -0.794. The summed E-state index contributed by atoms with van der Waals surface area (Å²) >= 11 is 0. The first kappa shape index (κ1) is 42.2. The van der Waals surface area contributed by atoms with Crippen molar-refractivity contribution in [1.82, 2.24) is 16.0 Å². The van der Waals surface area contributed by atoms with Crippen LogP contribution in [0.15, 0.2) is 0 Å². The van der Waals surface area contributed by atoms with Crippen molar-refractivity contribution in [2.75, 3.05) is 19.6 Å². The van der Waals surface area contributed by atoms with Crippen molar-refractivity contribution < 1.29 is 19.1 Å². The Morgan fingerprint density at radius 3 is 1.29 bits per heavy atom. The normalized spacial score (nSPS) is 8.17. The zero-order valence-corrected chi connectivity index (χ0v) is 28.1. The van der Waals surface area contributed by atoms with Crippen molar-refractivity contribution >= 4 is 17.9 Å². The summed E-state index contributed by atoms with van der Waals surface area (Å²) in [7, 11) is 0. The second kappa shape index (κ2) is 35.7. The lowest BCUT2D eigenvalue weighted by Crippen LogP contribution is -2.43. The third-order valence-electron chi connectivity index (χ3n) is 6.32. The van der Waals surface area contributed by atoms with Gasteiger partial charge in [-0.05, 0) is 53.8 Å². The van der Waals surface area contributed by atoms with Crippen LogP contribution < -0.4 is 16.0 Å². The van der Waals surface area contributed by atoms with Crippen LogP contribution in [0.3, 0.4) is 0 Å². The lowest BCUT2D eigenvalue weighted by Gasteiger charge is -2.08. The Morgan fingerprint density at radius 1 is 0.479 bits per heavy atom. The van der Waals surface area contributed by atoms with Gasteiger partial charge in [-0.25, -0.2) is 9.59 Å². The number of rotatable bonds is 21. The van der Waals surface area contributed by atoms with E-state index < -0.39 is 18.5 Å². The van der Waals surface area contributed by atoms with E-state index in [9.17, 15) is 14.4 Å². The molecule has 0 fully saturated rings. The van der Waals surface area contributed by atoms with Crippen LogP contribution in [0, 0.1) is 107 Å². The van der Waals surface area contributed by atoms with Crippen LogP contribution in [0.2, 0.25) is 0 Å². The fourth-order valence-corrected chi connectivity index (χ4v) is 3.93. The molecule has 0 aliphatic carbocycles. The summed E-state index contributed by atoms with van der Waals surface area (Å²) in [6, 6.07) is -0.676. The molecule has 0 radical (unpaired) electrons. The predicted octanol–water partition coefficient (Wildman–Crippen LogP) is 4.82. The van der Waals surface area contributed by atoms with Crippen molar-refractivity contribution in [2.45, 2.75) is 110 Å². The number of carbonyl (C=O) groups excluding carboxylic acids is 3. The van der Waals surface area contributed by atoms with Crippen molar-refractivity contribution in [1.29, 1.82) is 0 Å². The minimum Gasteiger partial charge on any atom is -0.370 e. The topological polar surface area (TPSA) is 96.5 Å². The lowest BCUT2D eigenvalue weighted by atomic mass is 10.0. The van der Waals surface area contributed by atoms with Gasteiger partial charge in [-0.15, -0.1) is 6.42 Å². The van der Waals surface area contributed by atoms with E-state index in [-0.39, 0.29) is 12.5 Å². The van der Waals surface area contributed by atoms with Crippen molar-refractivity contribution in [3.05, 3.63) is 0 Å². The number of esters is 1. The molecule has 0 atom stereocenters. The quantitative estimate of drug-likeness (QED) is 0.0950. The van der Waals surface area contributed by atoms with Gasteiger partial charge in [0.25, 0.3) is 0 Å². The molecule has 0 saturated carbocycles. The average Bonchev–Trinajstić information content (AvgIpc) is 3.09. The van der Waals surface area contributed by atoms with Crippen LogP contribution >= 0.6 is 0 Å². The van der Waals surface area contributed by atoms with Gasteiger partial charge in [0.05, 0.1) is 6.54 Å². The van der Waals surface area contributed by atoms with Gasteiger partial charge >= 0.3 is 12.0 Å². The lowest BCUT2D eigenvalue weighted by molar-refractivity contribution is -0.135. The summed E-state index contributed by atoms with van der Waals surface area (Å²) in [6.07, 6.45) is 27.7. The maximum Gasteiger partial charge on any atom is 0.339 e. The molecular formula is C41H45N3O4. The van der Waals surface area contributed by atoms with E-state index >= 15 is 0 Å². The van der Waals surface area contributed by atoms with E-state index in [1.54, 1.807) is 0 Å². The first-order valence-electron chi connectivity index (χ1n) is 16.5. The second-order valence-corrected chi connectivity index (χ2v) is 10.3. The zero-order chi connectivity index (χ0) is 35.0. The van der Waals surface area contributed by atoms with E-state index in [1.807, 2.05) is 0 Å². The average molecular weight is 644 g/mol. The largest absolute Gasteiger partial charge is 0.370 e. The maximum atomic E-state index is 11.9. The standard InChI is InChI=1S/C41H45N3O4/c1-3-5-7-9-11-13-15-17-19-21-23-25-27-29-31-33-35-42-39(45)37-43-41(47)44-38-40(46)48-36-34-32-30-28-26-24-22-20-18-16-14-12-10-8-6-4-2/h2H,3,5,7,9,11,13,15,17,19,21,23,25,27,29,31,33,35,37-38H2,1H3,(H,42,45)(H2,43,44,47). The van der Waals surface area contributed by atoms with Crippen LogP contribution in [0.1, 0.15) is 110 Å². The Kier molecular flexibility index (Phi) is 31.4. The Labute approximate surface area is 289 Å². The molecule has 0 aromatic rings. The molecule has 3 N–H and O–H groups in total. The van der Waals surface area contributed by atoms with Crippen LogP contribution in [0.25, 0.3) is 0 Å². The molecule has 3 amide bonds. The monoisotopic (exact) mass is 643 g/mol. The number of nitrogens with one attached hydrogen (secondary N) is 3. The van der Waals surface area contributed by atoms with Crippen molar-refractivity contribution in [3.8, 4) is 107 Å². The van der Waals surface area contributed by atoms with Crippen LogP contribution in [0.5, 0.6) is 0 Å². The van der Waals surface area contributed by atoms with E-state index in [1.165, 1.54) is 89.9 Å². The van der Waals surface area contributed by atoms with Crippen LogP contribution in [-0.2, 0) is 14.3 Å². The number of hydrogen-bond acceptors (Lipinski definition) is 4. The highest BCUT2D eigenvalue weighted by Crippen LogP contribution is 2.13. The molecule has 48 heavy (non-hydrogen) atoms. The van der Waals surface area contributed by atoms with Gasteiger partial charge in [0.2, 0.25) is 5.91 Å². The smallest absolute Gasteiger partial charge is 0.339 e. The van der Waals surface area contributed by atoms with Gasteiger partial charge in [0, 0.05) is 53.9 Å². The molecule has 7 nitrogen and oxygen atoms in total. The Morgan fingerprint density at radius 2 is 0.854 bits per heavy atom. The van der Waals surface area contributed by atoms with Crippen molar-refractivity contribution in [2.24, 2.45) is 0 Å². The zero-order valence-electron chi connectivity index (χ0n) is 28.1. The summed E-state index contributed by atoms with van der Waals surface area (Å²) in [5.41, 5.74) is 0. The Bertz CT molecular complexity index is 1540. The number of terminal acetylenes is 1. The Hall–Kier alpha value is -5.75. The number of carbonyl (C=O) groups is 3. The van der Waals surface area contributed by atoms with Crippen LogP contribution in [0.4, 0.5) is 4.79 Å². The molecule has 0 unspecified atom stereocenters. The SMILES string of the molecule is C#CC#CC#CC#CC#CC#CC#CC#CC#COC(=O)CNC(=O)NCC(=O)NCCCCCCCCCCCCCCCCCC. The summed E-state index contributed by atoms with van der Waals surface area (Å²) < 4.78 is 4.62. The summed E-state index contributed by atoms with van der Waals surface area (Å²) in [6.45, 7) is 2.21. The molecule has 0 aromatic heterocycles. The van der Waals surface area contributed by atoms with E-state index in [0.29, 0.717) is 6.54 Å². The molecule has 0 rings (SSSR count). The van der Waals surface area contributed by atoms with Crippen LogP contribution in [-0.4, -0.2) is 37.5 Å². The molecule has 0 bridgehead atoms. The number of hydrogen-bond donors (Lipinski definition) is 3. The first-order valence-corrected chi connectivity index (χ1v) is 16.5. The number of ether oxygens (including phenoxy) is 1. The molecule has 248 valence electrons. The third kappa shape index (κ3) is 34.7. The van der Waals surface area contributed by atoms with Gasteiger partial charge < -0.3 is 20.7 Å². The number of urea groups is 1. The molecule has 7 heteroatoms. The number of unbranched alkanes of at least 4 members (excludes halogenated alkanes) is 15. The Balaban J connectivity index is 3.78. The van der Waals surface area contributed by atoms with Gasteiger partial charge in [0.15, 0.2) is 0 Å². The first-order chi connectivity index (χ1) is 23.6. The molecule has 0 saturated heterocycles. The minimum absolute atomic E-state index is 0.194. The number of amides is 3. The predicted molar refractivity (Wildman–Crippen MR) is 191 cm³/mol. The van der Waals surface area contributed by atoms with Gasteiger partial charge in [-0.3, -0.25) is 4.79 Å². The molecule has 0 aromatic carbocycles. The fourth-order valence-electron chi connectivity index (χ4n) is 3.93. The fraction of sp³-hybridized carbons (Fsp3) is 0.488. The van der Waals surface area contributed by atoms with E-state index in [4.69, 9.17) is 6.42 Å². The highest BCUT2D eigenvalue weighted by atomic mass is 16.5. The van der Waals surface area contributed by atoms with Gasteiger partial charge in [-0.1, -0.05) is 103 Å². The van der Waals surface area contributed by atoms with Gasteiger partial charge in [0.1, 0.15) is 12.7 Å². The molecule has 0 aliphatic rings. The highest BCUT2D eigenvalue weighted by molar-refractivity contribution is 5.85. The van der Waals surface area contributed by atoms with E-state index in [0.717, 1.165) is 12.8 Å². The van der Waals surface area contributed by atoms with Gasteiger partial charge in [-0.2, -0.15) is 0 Å². The summed E-state index contributed by atoms with van der Waals surface area (Å²) in [4.78, 5) is 35.4. The van der Waals surface area contributed by atoms with Crippen molar-refractivity contribution in [3.63, 3.8) is 0 Å². The molecule has 0 aliphatic heterocycles. The molecular weight excluding hydrogens is 598 g/mol. The second-order valence-electron chi connectivity index (χ2n) is 10.3. The highest BCUT2D eigenvalue weighted by Gasteiger charge is 2.07.